The SMILES string of the molecule is CC(CN)CCCCF. The lowest BCUT2D eigenvalue weighted by Crippen LogP contribution is -2.10. The molecule has 0 amide bonds. The highest BCUT2D eigenvalue weighted by molar-refractivity contribution is 4.52. The van der Waals surface area contributed by atoms with Gasteiger partial charge in [0.15, 0.2) is 0 Å². The molecule has 0 aliphatic rings. The Morgan fingerprint density at radius 3 is 2.56 bits per heavy atom. The fraction of sp³-hybridized carbons (Fsp3) is 1.00. The van der Waals surface area contributed by atoms with Gasteiger partial charge in [-0.2, -0.15) is 0 Å². The van der Waals surface area contributed by atoms with Crippen LogP contribution in [-0.2, 0) is 0 Å². The van der Waals surface area contributed by atoms with E-state index >= 15 is 0 Å². The van der Waals surface area contributed by atoms with Crippen molar-refractivity contribution < 1.29 is 4.39 Å². The van der Waals surface area contributed by atoms with Crippen molar-refractivity contribution in [2.75, 3.05) is 13.2 Å². The quantitative estimate of drug-likeness (QED) is 0.568. The number of alkyl halides is 1. The topological polar surface area (TPSA) is 26.0 Å². The van der Waals surface area contributed by atoms with Crippen LogP contribution in [0.25, 0.3) is 0 Å². The second kappa shape index (κ2) is 6.02. The zero-order chi connectivity index (χ0) is 7.11. The molecule has 1 nitrogen and oxygen atoms in total. The Hall–Kier alpha value is -0.110. The number of hydrogen-bond donors (Lipinski definition) is 1. The Morgan fingerprint density at radius 1 is 1.44 bits per heavy atom. The van der Waals surface area contributed by atoms with E-state index in [0.29, 0.717) is 12.3 Å². The van der Waals surface area contributed by atoms with Gasteiger partial charge in [0, 0.05) is 0 Å². The van der Waals surface area contributed by atoms with Gasteiger partial charge in [0.05, 0.1) is 6.67 Å². The van der Waals surface area contributed by atoms with E-state index in [9.17, 15) is 4.39 Å². The molecule has 0 rings (SSSR count). The van der Waals surface area contributed by atoms with Crippen LogP contribution in [0.1, 0.15) is 26.2 Å². The molecule has 0 aromatic heterocycles. The van der Waals surface area contributed by atoms with Crippen molar-refractivity contribution in [3.8, 4) is 0 Å². The van der Waals surface area contributed by atoms with Gasteiger partial charge in [-0.3, -0.25) is 4.39 Å². The summed E-state index contributed by atoms with van der Waals surface area (Å²) in [5, 5.41) is 0. The normalized spacial score (nSPS) is 13.7. The molecule has 0 aliphatic heterocycles. The molecule has 2 heteroatoms. The predicted octanol–water partition coefficient (Wildman–Crippen LogP) is 1.72. The minimum Gasteiger partial charge on any atom is -0.330 e. The van der Waals surface area contributed by atoms with Crippen LogP contribution in [0.3, 0.4) is 0 Å². The van der Waals surface area contributed by atoms with E-state index in [1.165, 1.54) is 0 Å². The fourth-order valence-electron chi connectivity index (χ4n) is 0.705. The summed E-state index contributed by atoms with van der Waals surface area (Å²) in [5.74, 6) is 0.566. The maximum absolute atomic E-state index is 11.5. The molecule has 9 heavy (non-hydrogen) atoms. The van der Waals surface area contributed by atoms with E-state index < -0.39 is 0 Å². The second-order valence-electron chi connectivity index (χ2n) is 2.53. The van der Waals surface area contributed by atoms with Crippen molar-refractivity contribution in [2.45, 2.75) is 26.2 Å². The molecule has 0 saturated heterocycles. The van der Waals surface area contributed by atoms with Crippen LogP contribution in [-0.4, -0.2) is 13.2 Å². The number of halogens is 1. The zero-order valence-corrected chi connectivity index (χ0v) is 6.07. The Bertz CT molecular complexity index is 56.9. The lowest BCUT2D eigenvalue weighted by molar-refractivity contribution is 0.429. The lowest BCUT2D eigenvalue weighted by atomic mass is 10.1. The Kier molecular flexibility index (Phi) is 5.94. The molecule has 0 bridgehead atoms. The molecule has 1 unspecified atom stereocenters. The van der Waals surface area contributed by atoms with Crippen molar-refractivity contribution in [2.24, 2.45) is 11.7 Å². The van der Waals surface area contributed by atoms with Gasteiger partial charge in [-0.05, 0) is 25.3 Å². The van der Waals surface area contributed by atoms with Crippen molar-refractivity contribution >= 4 is 0 Å². The summed E-state index contributed by atoms with van der Waals surface area (Å²) in [7, 11) is 0. The number of rotatable bonds is 5. The van der Waals surface area contributed by atoms with Gasteiger partial charge in [-0.25, -0.2) is 0 Å². The van der Waals surface area contributed by atoms with E-state index in [4.69, 9.17) is 5.73 Å². The first-order valence-electron chi connectivity index (χ1n) is 3.57. The summed E-state index contributed by atoms with van der Waals surface area (Å²) >= 11 is 0. The third-order valence-corrected chi connectivity index (χ3v) is 1.48. The molecule has 0 heterocycles. The third-order valence-electron chi connectivity index (χ3n) is 1.48. The minimum absolute atomic E-state index is 0.183. The monoisotopic (exact) mass is 133 g/mol. The third kappa shape index (κ3) is 5.77. The Labute approximate surface area is 56.4 Å². The van der Waals surface area contributed by atoms with Crippen molar-refractivity contribution in [1.29, 1.82) is 0 Å². The summed E-state index contributed by atoms with van der Waals surface area (Å²) in [5.41, 5.74) is 5.36. The van der Waals surface area contributed by atoms with Crippen LogP contribution >= 0.6 is 0 Å². The molecule has 0 spiro atoms. The Balaban J connectivity index is 2.88. The summed E-state index contributed by atoms with van der Waals surface area (Å²) in [6, 6.07) is 0. The summed E-state index contributed by atoms with van der Waals surface area (Å²) in [6.07, 6.45) is 2.75. The number of nitrogens with two attached hydrogens (primary N) is 1. The van der Waals surface area contributed by atoms with Crippen LogP contribution in [0.5, 0.6) is 0 Å². The highest BCUT2D eigenvalue weighted by atomic mass is 19.1. The smallest absolute Gasteiger partial charge is 0.0894 e. The van der Waals surface area contributed by atoms with E-state index in [2.05, 4.69) is 6.92 Å². The highest BCUT2D eigenvalue weighted by Crippen LogP contribution is 2.05. The molecular formula is C7H16FN. The van der Waals surface area contributed by atoms with Crippen molar-refractivity contribution in [3.05, 3.63) is 0 Å². The first-order chi connectivity index (χ1) is 4.31. The van der Waals surface area contributed by atoms with Crippen LogP contribution in [0, 0.1) is 5.92 Å². The largest absolute Gasteiger partial charge is 0.330 e. The van der Waals surface area contributed by atoms with Crippen LogP contribution < -0.4 is 5.73 Å². The van der Waals surface area contributed by atoms with Gasteiger partial charge in [0.25, 0.3) is 0 Å². The molecule has 0 saturated carbocycles. The van der Waals surface area contributed by atoms with E-state index in [1.54, 1.807) is 0 Å². The van der Waals surface area contributed by atoms with Gasteiger partial charge in [0.2, 0.25) is 0 Å². The molecule has 2 N–H and O–H groups in total. The maximum atomic E-state index is 11.5. The summed E-state index contributed by atoms with van der Waals surface area (Å²) < 4.78 is 11.5. The summed E-state index contributed by atoms with van der Waals surface area (Å²) in [6.45, 7) is 2.64. The van der Waals surface area contributed by atoms with Gasteiger partial charge in [-0.1, -0.05) is 13.3 Å². The average Bonchev–Trinajstić information content (AvgIpc) is 1.89. The van der Waals surface area contributed by atoms with Crippen LogP contribution in [0.4, 0.5) is 4.39 Å². The number of hydrogen-bond acceptors (Lipinski definition) is 1. The van der Waals surface area contributed by atoms with E-state index in [1.807, 2.05) is 0 Å². The maximum Gasteiger partial charge on any atom is 0.0894 e. The van der Waals surface area contributed by atoms with E-state index in [0.717, 1.165) is 19.4 Å². The highest BCUT2D eigenvalue weighted by Gasteiger charge is 1.96. The fourth-order valence-corrected chi connectivity index (χ4v) is 0.705. The first kappa shape index (κ1) is 8.89. The molecule has 0 aromatic carbocycles. The van der Waals surface area contributed by atoms with E-state index in [-0.39, 0.29) is 6.67 Å². The van der Waals surface area contributed by atoms with Crippen LogP contribution in [0.2, 0.25) is 0 Å². The molecule has 0 fully saturated rings. The lowest BCUT2D eigenvalue weighted by Gasteiger charge is -2.05. The van der Waals surface area contributed by atoms with Gasteiger partial charge >= 0.3 is 0 Å². The molecular weight excluding hydrogens is 117 g/mol. The standard InChI is InChI=1S/C7H16FN/c1-7(6-9)4-2-3-5-8/h7H,2-6,9H2,1H3. The Morgan fingerprint density at radius 2 is 2.11 bits per heavy atom. The molecule has 0 aliphatic carbocycles. The predicted molar refractivity (Wildman–Crippen MR) is 38.0 cm³/mol. The second-order valence-corrected chi connectivity index (χ2v) is 2.53. The van der Waals surface area contributed by atoms with Gasteiger partial charge in [0.1, 0.15) is 0 Å². The molecule has 0 aromatic rings. The molecule has 0 radical (unpaired) electrons. The first-order valence-corrected chi connectivity index (χ1v) is 3.57. The average molecular weight is 133 g/mol. The molecule has 1 atom stereocenters. The van der Waals surface area contributed by atoms with Gasteiger partial charge in [-0.15, -0.1) is 0 Å². The molecule has 56 valence electrons. The summed E-state index contributed by atoms with van der Waals surface area (Å²) in [4.78, 5) is 0. The van der Waals surface area contributed by atoms with Crippen molar-refractivity contribution in [1.82, 2.24) is 0 Å². The van der Waals surface area contributed by atoms with Crippen LogP contribution in [0.15, 0.2) is 0 Å². The number of unbranched alkanes of at least 4 members (excludes halogenated alkanes) is 1. The van der Waals surface area contributed by atoms with Gasteiger partial charge < -0.3 is 5.73 Å². The minimum atomic E-state index is -0.183. The zero-order valence-electron chi connectivity index (χ0n) is 6.07. The van der Waals surface area contributed by atoms with Crippen molar-refractivity contribution in [3.63, 3.8) is 0 Å².